The number of imidazole rings is 1. The molecule has 130 valence electrons. The van der Waals surface area contributed by atoms with Gasteiger partial charge < -0.3 is 4.98 Å². The lowest BCUT2D eigenvalue weighted by atomic mass is 9.99. The topological polar surface area (TPSA) is 44.8 Å². The zero-order valence-electron chi connectivity index (χ0n) is 14.8. The van der Waals surface area contributed by atoms with Crippen LogP contribution in [0.5, 0.6) is 0 Å². The molecule has 4 nitrogen and oxygen atoms in total. The van der Waals surface area contributed by atoms with Crippen LogP contribution in [0.3, 0.4) is 0 Å². The van der Waals surface area contributed by atoms with Crippen molar-refractivity contribution in [2.75, 3.05) is 6.54 Å². The average molecular weight is 353 g/mol. The Balaban J connectivity index is 1.61. The number of thiophene rings is 1. The van der Waals surface area contributed by atoms with Crippen molar-refractivity contribution >= 4 is 11.3 Å². The molecule has 0 aliphatic carbocycles. The van der Waals surface area contributed by atoms with Gasteiger partial charge in [-0.2, -0.15) is 0 Å². The second-order valence-corrected chi connectivity index (χ2v) is 8.36. The maximum absolute atomic E-state index is 4.63. The lowest BCUT2D eigenvalue weighted by Crippen LogP contribution is -2.36. The molecular formula is C20H24N4S. The van der Waals surface area contributed by atoms with Crippen molar-refractivity contribution in [2.24, 2.45) is 5.92 Å². The molecule has 1 aliphatic heterocycles. The number of pyridine rings is 1. The molecule has 25 heavy (non-hydrogen) atoms. The molecule has 0 saturated carbocycles. The van der Waals surface area contributed by atoms with E-state index in [0.29, 0.717) is 5.92 Å². The summed E-state index contributed by atoms with van der Waals surface area (Å²) in [7, 11) is 0. The van der Waals surface area contributed by atoms with Crippen LogP contribution in [0, 0.1) is 5.92 Å². The van der Waals surface area contributed by atoms with Crippen molar-refractivity contribution in [1.29, 1.82) is 0 Å². The number of aromatic nitrogens is 3. The molecule has 1 N–H and O–H groups in total. The third-order valence-electron chi connectivity index (χ3n) is 4.68. The Hall–Kier alpha value is -1.98. The van der Waals surface area contributed by atoms with Crippen LogP contribution in [0.15, 0.2) is 42.9 Å². The first-order valence-electron chi connectivity index (χ1n) is 8.95. The molecule has 1 atom stereocenters. The Morgan fingerprint density at radius 1 is 1.20 bits per heavy atom. The fourth-order valence-electron chi connectivity index (χ4n) is 3.58. The zero-order valence-corrected chi connectivity index (χ0v) is 15.6. The summed E-state index contributed by atoms with van der Waals surface area (Å²) in [4.78, 5) is 18.0. The van der Waals surface area contributed by atoms with Gasteiger partial charge >= 0.3 is 0 Å². The Morgan fingerprint density at radius 2 is 2.08 bits per heavy atom. The fraction of sp³-hybridized carbons (Fsp3) is 0.400. The summed E-state index contributed by atoms with van der Waals surface area (Å²) >= 11 is 1.95. The molecule has 5 heteroatoms. The minimum atomic E-state index is 0.131. The lowest BCUT2D eigenvalue weighted by Gasteiger charge is -2.34. The molecule has 0 bridgehead atoms. The molecule has 4 rings (SSSR count). The molecule has 0 radical (unpaired) electrons. The smallest absolute Gasteiger partial charge is 0.0971 e. The van der Waals surface area contributed by atoms with Crippen LogP contribution >= 0.6 is 11.3 Å². The third kappa shape index (κ3) is 3.53. The first-order chi connectivity index (χ1) is 12.2. The maximum Gasteiger partial charge on any atom is 0.0971 e. The first-order valence-corrected chi connectivity index (χ1v) is 9.77. The average Bonchev–Trinajstić information content (AvgIpc) is 3.24. The maximum atomic E-state index is 4.63. The summed E-state index contributed by atoms with van der Waals surface area (Å²) in [6.07, 6.45) is 5.87. The molecule has 0 aromatic carbocycles. The van der Waals surface area contributed by atoms with Gasteiger partial charge in [0.1, 0.15) is 0 Å². The van der Waals surface area contributed by atoms with Gasteiger partial charge in [-0.1, -0.05) is 19.9 Å². The molecule has 0 fully saturated rings. The summed E-state index contributed by atoms with van der Waals surface area (Å²) < 4.78 is 0. The van der Waals surface area contributed by atoms with Gasteiger partial charge in [-0.05, 0) is 36.6 Å². The molecule has 3 aromatic rings. The highest BCUT2D eigenvalue weighted by atomic mass is 32.1. The fourth-order valence-corrected chi connectivity index (χ4v) is 4.84. The molecule has 3 aromatic heterocycles. The van der Waals surface area contributed by atoms with Crippen LogP contribution in [0.2, 0.25) is 0 Å². The largest absolute Gasteiger partial charge is 0.348 e. The van der Waals surface area contributed by atoms with Gasteiger partial charge in [0.2, 0.25) is 0 Å². The summed E-state index contributed by atoms with van der Waals surface area (Å²) in [5.74, 6) is 0.703. The van der Waals surface area contributed by atoms with E-state index in [4.69, 9.17) is 0 Å². The number of hydrogen-bond donors (Lipinski definition) is 1. The van der Waals surface area contributed by atoms with Crippen molar-refractivity contribution in [3.63, 3.8) is 0 Å². The highest BCUT2D eigenvalue weighted by Gasteiger charge is 2.32. The van der Waals surface area contributed by atoms with E-state index in [9.17, 15) is 0 Å². The highest BCUT2D eigenvalue weighted by Crippen LogP contribution is 2.34. The van der Waals surface area contributed by atoms with E-state index in [1.165, 1.54) is 15.4 Å². The van der Waals surface area contributed by atoms with Crippen LogP contribution in [-0.2, 0) is 19.4 Å². The van der Waals surface area contributed by atoms with Gasteiger partial charge in [-0.3, -0.25) is 9.88 Å². The minimum Gasteiger partial charge on any atom is -0.348 e. The summed E-state index contributed by atoms with van der Waals surface area (Å²) in [5, 5.41) is 0. The number of aromatic amines is 1. The molecule has 1 aliphatic rings. The second kappa shape index (κ2) is 7.10. The normalized spacial score (nSPS) is 17.8. The highest BCUT2D eigenvalue weighted by molar-refractivity contribution is 7.11. The van der Waals surface area contributed by atoms with Gasteiger partial charge in [0.05, 0.1) is 23.8 Å². The van der Waals surface area contributed by atoms with Gasteiger partial charge in [-0.25, -0.2) is 4.98 Å². The van der Waals surface area contributed by atoms with Crippen molar-refractivity contribution in [3.05, 3.63) is 69.7 Å². The van der Waals surface area contributed by atoms with Gasteiger partial charge in [-0.15, -0.1) is 11.3 Å². The Labute approximate surface area is 153 Å². The van der Waals surface area contributed by atoms with Crippen molar-refractivity contribution < 1.29 is 0 Å². The number of hydrogen-bond acceptors (Lipinski definition) is 4. The van der Waals surface area contributed by atoms with Crippen LogP contribution in [0.1, 0.15) is 46.7 Å². The summed E-state index contributed by atoms with van der Waals surface area (Å²) in [5.41, 5.74) is 3.46. The summed E-state index contributed by atoms with van der Waals surface area (Å²) in [6, 6.07) is 10.9. The second-order valence-electron chi connectivity index (χ2n) is 7.11. The Bertz CT molecular complexity index is 821. The molecule has 0 saturated heterocycles. The van der Waals surface area contributed by atoms with Gasteiger partial charge in [0, 0.05) is 41.2 Å². The first kappa shape index (κ1) is 16.5. The van der Waals surface area contributed by atoms with E-state index in [1.54, 1.807) is 0 Å². The number of rotatable bonds is 5. The van der Waals surface area contributed by atoms with E-state index in [0.717, 1.165) is 37.3 Å². The third-order valence-corrected chi connectivity index (χ3v) is 5.77. The van der Waals surface area contributed by atoms with Crippen molar-refractivity contribution in [1.82, 2.24) is 19.9 Å². The molecule has 4 heterocycles. The standard InChI is InChI=1S/C20H24N4S/c1-14(2)11-15-6-7-16(25-15)12-24-10-8-17-19(23-13-22-17)20(24)18-5-3-4-9-21-18/h3-7,9,13-14,20H,8,10-12H2,1-2H3,(H,22,23). The number of nitrogens with one attached hydrogen (secondary N) is 1. The predicted octanol–water partition coefficient (Wildman–Crippen LogP) is 4.21. The zero-order chi connectivity index (χ0) is 17.2. The molecule has 0 spiro atoms. The molecule has 0 amide bonds. The number of nitrogens with zero attached hydrogens (tertiary/aromatic N) is 3. The molecule has 1 unspecified atom stereocenters. The van der Waals surface area contributed by atoms with Gasteiger partial charge in [0.15, 0.2) is 0 Å². The Kier molecular flexibility index (Phi) is 4.68. The Morgan fingerprint density at radius 3 is 2.88 bits per heavy atom. The van der Waals surface area contributed by atoms with E-state index >= 15 is 0 Å². The number of H-pyrrole nitrogens is 1. The predicted molar refractivity (Wildman–Crippen MR) is 102 cm³/mol. The van der Waals surface area contributed by atoms with E-state index in [1.807, 2.05) is 29.9 Å². The quantitative estimate of drug-likeness (QED) is 0.748. The van der Waals surface area contributed by atoms with E-state index < -0.39 is 0 Å². The van der Waals surface area contributed by atoms with E-state index in [-0.39, 0.29) is 6.04 Å². The minimum absolute atomic E-state index is 0.131. The van der Waals surface area contributed by atoms with Crippen LogP contribution in [-0.4, -0.2) is 26.4 Å². The number of fused-ring (bicyclic) bond motifs is 1. The monoisotopic (exact) mass is 352 g/mol. The van der Waals surface area contributed by atoms with Crippen LogP contribution in [0.25, 0.3) is 0 Å². The van der Waals surface area contributed by atoms with Crippen LogP contribution < -0.4 is 0 Å². The van der Waals surface area contributed by atoms with Crippen LogP contribution in [0.4, 0.5) is 0 Å². The van der Waals surface area contributed by atoms with Crippen molar-refractivity contribution in [2.45, 2.75) is 39.3 Å². The van der Waals surface area contributed by atoms with Gasteiger partial charge in [0.25, 0.3) is 0 Å². The molecular weight excluding hydrogens is 328 g/mol. The van der Waals surface area contributed by atoms with E-state index in [2.05, 4.69) is 58.0 Å². The SMILES string of the molecule is CC(C)Cc1ccc(CN2CCc3[nH]cnc3C2c2ccccn2)s1. The van der Waals surface area contributed by atoms with Crippen molar-refractivity contribution in [3.8, 4) is 0 Å². The summed E-state index contributed by atoms with van der Waals surface area (Å²) in [6.45, 7) is 6.53. The lowest BCUT2D eigenvalue weighted by molar-refractivity contribution is 0.199.